The molecule has 1 heterocycles. The molecule has 5 heteroatoms. The summed E-state index contributed by atoms with van der Waals surface area (Å²) in [4.78, 5) is 12.2. The number of nitrogens with two attached hydrogens (primary N) is 1. The number of carbonyl (C=O) groups excluding carboxylic acids is 1. The van der Waals surface area contributed by atoms with Crippen LogP contribution in [-0.4, -0.2) is 27.8 Å². The van der Waals surface area contributed by atoms with Crippen molar-refractivity contribution in [3.8, 4) is 0 Å². The fourth-order valence-electron chi connectivity index (χ4n) is 2.07. The van der Waals surface area contributed by atoms with Gasteiger partial charge in [-0.3, -0.25) is 9.48 Å². The van der Waals surface area contributed by atoms with E-state index in [2.05, 4.69) is 17.3 Å². The SMILES string of the molecule is CCc1nn(C)cc1CC(CN)C(=O)NC(C)(C)C. The largest absolute Gasteiger partial charge is 0.351 e. The standard InChI is InChI=1S/C14H26N4O/c1-6-12-11(9-18(5)17-12)7-10(8-15)13(19)16-14(2,3)4/h9-10H,6-8,15H2,1-5H3,(H,16,19). The lowest BCUT2D eigenvalue weighted by Gasteiger charge is -2.24. The summed E-state index contributed by atoms with van der Waals surface area (Å²) in [6.45, 7) is 8.33. The molecule has 1 unspecified atom stereocenters. The molecule has 1 aromatic heterocycles. The van der Waals surface area contributed by atoms with Crippen molar-refractivity contribution in [2.75, 3.05) is 6.54 Å². The maximum absolute atomic E-state index is 12.2. The van der Waals surface area contributed by atoms with Gasteiger partial charge in [0.15, 0.2) is 0 Å². The van der Waals surface area contributed by atoms with Crippen molar-refractivity contribution < 1.29 is 4.79 Å². The molecule has 1 atom stereocenters. The molecule has 0 radical (unpaired) electrons. The van der Waals surface area contributed by atoms with Crippen LogP contribution in [0.2, 0.25) is 0 Å². The molecular formula is C14H26N4O. The molecule has 0 aliphatic carbocycles. The maximum Gasteiger partial charge on any atom is 0.225 e. The first-order valence-electron chi connectivity index (χ1n) is 6.80. The van der Waals surface area contributed by atoms with Crippen molar-refractivity contribution in [2.45, 2.75) is 46.1 Å². The molecule has 1 amide bonds. The van der Waals surface area contributed by atoms with Gasteiger partial charge in [-0.1, -0.05) is 6.92 Å². The van der Waals surface area contributed by atoms with Gasteiger partial charge in [0.05, 0.1) is 11.6 Å². The van der Waals surface area contributed by atoms with Crippen LogP contribution < -0.4 is 11.1 Å². The average Bonchev–Trinajstić information content (AvgIpc) is 2.63. The van der Waals surface area contributed by atoms with Gasteiger partial charge in [0, 0.05) is 25.3 Å². The molecule has 108 valence electrons. The summed E-state index contributed by atoms with van der Waals surface area (Å²) in [6.07, 6.45) is 3.50. The maximum atomic E-state index is 12.2. The first-order chi connectivity index (χ1) is 8.76. The van der Waals surface area contributed by atoms with E-state index in [1.807, 2.05) is 34.0 Å². The second-order valence-electron chi connectivity index (χ2n) is 6.00. The Morgan fingerprint density at radius 2 is 2.16 bits per heavy atom. The number of nitrogens with one attached hydrogen (secondary N) is 1. The highest BCUT2D eigenvalue weighted by atomic mass is 16.2. The average molecular weight is 266 g/mol. The lowest BCUT2D eigenvalue weighted by atomic mass is 9.97. The number of rotatable bonds is 5. The number of hydrogen-bond donors (Lipinski definition) is 2. The lowest BCUT2D eigenvalue weighted by molar-refractivity contribution is -0.126. The number of carbonyl (C=O) groups is 1. The topological polar surface area (TPSA) is 72.9 Å². The second-order valence-corrected chi connectivity index (χ2v) is 6.00. The van der Waals surface area contributed by atoms with Crippen molar-refractivity contribution in [2.24, 2.45) is 18.7 Å². The van der Waals surface area contributed by atoms with E-state index in [0.29, 0.717) is 13.0 Å². The van der Waals surface area contributed by atoms with Crippen molar-refractivity contribution in [3.63, 3.8) is 0 Å². The predicted octanol–water partition coefficient (Wildman–Crippen LogP) is 1.01. The minimum atomic E-state index is -0.229. The second kappa shape index (κ2) is 6.19. The molecule has 0 saturated carbocycles. The van der Waals surface area contributed by atoms with E-state index < -0.39 is 0 Å². The van der Waals surface area contributed by atoms with Gasteiger partial charge >= 0.3 is 0 Å². The first-order valence-corrected chi connectivity index (χ1v) is 6.80. The number of aromatic nitrogens is 2. The number of nitrogens with zero attached hydrogens (tertiary/aromatic N) is 2. The van der Waals surface area contributed by atoms with Gasteiger partial charge in [-0.2, -0.15) is 5.10 Å². The Labute approximate surface area is 115 Å². The van der Waals surface area contributed by atoms with Crippen LogP contribution in [0.1, 0.15) is 39.0 Å². The van der Waals surface area contributed by atoms with Crippen LogP contribution in [0.5, 0.6) is 0 Å². The van der Waals surface area contributed by atoms with Gasteiger partial charge in [-0.25, -0.2) is 0 Å². The summed E-state index contributed by atoms with van der Waals surface area (Å²) in [5, 5.41) is 7.38. The van der Waals surface area contributed by atoms with E-state index >= 15 is 0 Å². The van der Waals surface area contributed by atoms with Crippen molar-refractivity contribution in [1.29, 1.82) is 0 Å². The van der Waals surface area contributed by atoms with Crippen molar-refractivity contribution in [1.82, 2.24) is 15.1 Å². The van der Waals surface area contributed by atoms with E-state index in [1.54, 1.807) is 4.68 Å². The summed E-state index contributed by atoms with van der Waals surface area (Å²) < 4.78 is 1.80. The van der Waals surface area contributed by atoms with Crippen molar-refractivity contribution >= 4 is 5.91 Å². The normalized spacial score (nSPS) is 13.4. The van der Waals surface area contributed by atoms with Crippen LogP contribution in [0, 0.1) is 5.92 Å². The zero-order valence-electron chi connectivity index (χ0n) is 12.7. The monoisotopic (exact) mass is 266 g/mol. The third-order valence-corrected chi connectivity index (χ3v) is 2.95. The van der Waals surface area contributed by atoms with Gasteiger partial charge in [-0.15, -0.1) is 0 Å². The summed E-state index contributed by atoms with van der Waals surface area (Å²) in [5.74, 6) is -0.186. The summed E-state index contributed by atoms with van der Waals surface area (Å²) in [5.41, 5.74) is 7.68. The Balaban J connectivity index is 2.79. The highest BCUT2D eigenvalue weighted by molar-refractivity contribution is 5.79. The smallest absolute Gasteiger partial charge is 0.225 e. The molecule has 0 fully saturated rings. The zero-order valence-corrected chi connectivity index (χ0v) is 12.7. The zero-order chi connectivity index (χ0) is 14.6. The van der Waals surface area contributed by atoms with E-state index in [1.165, 1.54) is 0 Å². The molecule has 3 N–H and O–H groups in total. The molecule has 19 heavy (non-hydrogen) atoms. The van der Waals surface area contributed by atoms with Gasteiger partial charge in [-0.05, 0) is 39.2 Å². The molecule has 0 aliphatic heterocycles. The quantitative estimate of drug-likeness (QED) is 0.835. The molecule has 1 rings (SSSR count). The Hall–Kier alpha value is -1.36. The van der Waals surface area contributed by atoms with Crippen LogP contribution in [-0.2, 0) is 24.7 Å². The molecule has 0 bridgehead atoms. The fourth-order valence-corrected chi connectivity index (χ4v) is 2.07. The number of aryl methyl sites for hydroxylation is 2. The van der Waals surface area contributed by atoms with E-state index in [0.717, 1.165) is 17.7 Å². The summed E-state index contributed by atoms with van der Waals surface area (Å²) >= 11 is 0. The van der Waals surface area contributed by atoms with Crippen molar-refractivity contribution in [3.05, 3.63) is 17.5 Å². The van der Waals surface area contributed by atoms with Gasteiger partial charge in [0.1, 0.15) is 0 Å². The van der Waals surface area contributed by atoms with E-state index in [4.69, 9.17) is 5.73 Å². The van der Waals surface area contributed by atoms with E-state index in [9.17, 15) is 4.79 Å². The summed E-state index contributed by atoms with van der Waals surface area (Å²) in [7, 11) is 1.90. The minimum absolute atomic E-state index is 0.0147. The van der Waals surface area contributed by atoms with Gasteiger partial charge < -0.3 is 11.1 Å². The molecule has 1 aromatic rings. The predicted molar refractivity (Wildman–Crippen MR) is 76.7 cm³/mol. The van der Waals surface area contributed by atoms with Crippen LogP contribution in [0.4, 0.5) is 0 Å². The molecular weight excluding hydrogens is 240 g/mol. The fraction of sp³-hybridized carbons (Fsp3) is 0.714. The molecule has 0 aliphatic rings. The first kappa shape index (κ1) is 15.7. The lowest BCUT2D eigenvalue weighted by Crippen LogP contribution is -2.46. The van der Waals surface area contributed by atoms with Gasteiger partial charge in [0.2, 0.25) is 5.91 Å². The third-order valence-electron chi connectivity index (χ3n) is 2.95. The molecule has 0 saturated heterocycles. The Morgan fingerprint density at radius 1 is 1.53 bits per heavy atom. The Bertz CT molecular complexity index is 431. The van der Waals surface area contributed by atoms with Gasteiger partial charge in [0.25, 0.3) is 0 Å². The molecule has 0 spiro atoms. The molecule has 0 aromatic carbocycles. The minimum Gasteiger partial charge on any atom is -0.351 e. The van der Waals surface area contributed by atoms with Crippen LogP contribution in [0.15, 0.2) is 6.20 Å². The summed E-state index contributed by atoms with van der Waals surface area (Å²) in [6, 6.07) is 0. The van der Waals surface area contributed by atoms with Crippen LogP contribution in [0.3, 0.4) is 0 Å². The van der Waals surface area contributed by atoms with Crippen LogP contribution >= 0.6 is 0 Å². The van der Waals surface area contributed by atoms with Crippen LogP contribution in [0.25, 0.3) is 0 Å². The third kappa shape index (κ3) is 4.67. The Morgan fingerprint density at radius 3 is 2.63 bits per heavy atom. The Kier molecular flexibility index (Phi) is 5.11. The number of amides is 1. The van der Waals surface area contributed by atoms with E-state index in [-0.39, 0.29) is 17.4 Å². The molecule has 5 nitrogen and oxygen atoms in total. The number of hydrogen-bond acceptors (Lipinski definition) is 3. The highest BCUT2D eigenvalue weighted by Crippen LogP contribution is 2.14. The highest BCUT2D eigenvalue weighted by Gasteiger charge is 2.23.